The smallest absolute Gasteiger partial charge is 0.0325 e. The molecule has 0 aliphatic carbocycles. The molecule has 2 rings (SSSR count). The number of hydrogen-bond donors (Lipinski definition) is 1. The predicted molar refractivity (Wildman–Crippen MR) is 82.9 cm³/mol. The summed E-state index contributed by atoms with van der Waals surface area (Å²) < 4.78 is 0. The van der Waals surface area contributed by atoms with E-state index in [1.54, 1.807) is 5.56 Å². The molecule has 0 bridgehead atoms. The first kappa shape index (κ1) is 14.5. The molecule has 2 nitrogen and oxygen atoms in total. The molecular formula is C17H28N2. The largest absolute Gasteiger partial charge is 0.315 e. The molecule has 106 valence electrons. The summed E-state index contributed by atoms with van der Waals surface area (Å²) in [6.45, 7) is 16.1. The van der Waals surface area contributed by atoms with Gasteiger partial charge in [0.15, 0.2) is 0 Å². The maximum atomic E-state index is 3.49. The van der Waals surface area contributed by atoms with Crippen LogP contribution in [0, 0.1) is 27.7 Å². The lowest BCUT2D eigenvalue weighted by Crippen LogP contribution is -2.31. The number of hydrogen-bond acceptors (Lipinski definition) is 2. The van der Waals surface area contributed by atoms with Crippen LogP contribution in [-0.2, 0) is 0 Å². The summed E-state index contributed by atoms with van der Waals surface area (Å²) in [6, 6.07) is 2.85. The Morgan fingerprint density at radius 2 is 1.63 bits per heavy atom. The normalized spacial score (nSPS) is 19.2. The van der Waals surface area contributed by atoms with Crippen molar-refractivity contribution in [2.75, 3.05) is 26.2 Å². The Kier molecular flexibility index (Phi) is 4.64. The molecule has 2 heteroatoms. The molecule has 1 fully saturated rings. The predicted octanol–water partition coefficient (Wildman–Crippen LogP) is 3.28. The van der Waals surface area contributed by atoms with E-state index in [0.717, 1.165) is 19.6 Å². The summed E-state index contributed by atoms with van der Waals surface area (Å²) in [6.07, 6.45) is 1.26. The molecule has 0 aromatic heterocycles. The Bertz CT molecular complexity index is 417. The second-order valence-electron chi connectivity index (χ2n) is 5.99. The van der Waals surface area contributed by atoms with Crippen molar-refractivity contribution in [3.05, 3.63) is 33.9 Å². The minimum absolute atomic E-state index is 0.526. The van der Waals surface area contributed by atoms with Crippen LogP contribution >= 0.6 is 0 Å². The standard InChI is InChI=1S/C17H28N2/c1-12-11-13(2)15(4)17(14(12)3)16(5)19-9-6-7-18-8-10-19/h11,16,18H,6-10H2,1-5H3. The average molecular weight is 260 g/mol. The van der Waals surface area contributed by atoms with E-state index in [2.05, 4.69) is 50.9 Å². The summed E-state index contributed by atoms with van der Waals surface area (Å²) >= 11 is 0. The van der Waals surface area contributed by atoms with Crippen molar-refractivity contribution in [2.45, 2.75) is 47.1 Å². The fraction of sp³-hybridized carbons (Fsp3) is 0.647. The molecule has 1 atom stereocenters. The maximum Gasteiger partial charge on any atom is 0.0325 e. The number of rotatable bonds is 2. The number of benzene rings is 1. The SMILES string of the molecule is Cc1cc(C)c(C)c(C(C)N2CCCNCC2)c1C. The van der Waals surface area contributed by atoms with Crippen molar-refractivity contribution in [3.8, 4) is 0 Å². The van der Waals surface area contributed by atoms with E-state index in [4.69, 9.17) is 0 Å². The van der Waals surface area contributed by atoms with Gasteiger partial charge in [0.1, 0.15) is 0 Å². The lowest BCUT2D eigenvalue weighted by Gasteiger charge is -2.31. The van der Waals surface area contributed by atoms with Gasteiger partial charge in [-0.3, -0.25) is 4.90 Å². The Hall–Kier alpha value is -0.860. The Morgan fingerprint density at radius 1 is 1.00 bits per heavy atom. The molecule has 19 heavy (non-hydrogen) atoms. The second-order valence-corrected chi connectivity index (χ2v) is 5.99. The van der Waals surface area contributed by atoms with E-state index < -0.39 is 0 Å². The highest BCUT2D eigenvalue weighted by Crippen LogP contribution is 2.30. The quantitative estimate of drug-likeness (QED) is 0.878. The summed E-state index contributed by atoms with van der Waals surface area (Å²) in [5, 5.41) is 3.49. The molecule has 1 aromatic rings. The fourth-order valence-corrected chi connectivity index (χ4v) is 3.31. The zero-order chi connectivity index (χ0) is 14.0. The molecule has 0 spiro atoms. The van der Waals surface area contributed by atoms with Gasteiger partial charge in [0, 0.05) is 19.1 Å². The highest BCUT2D eigenvalue weighted by atomic mass is 15.2. The third kappa shape index (κ3) is 3.01. The van der Waals surface area contributed by atoms with Crippen LogP contribution in [0.5, 0.6) is 0 Å². The van der Waals surface area contributed by atoms with E-state index in [0.29, 0.717) is 6.04 Å². The van der Waals surface area contributed by atoms with E-state index in [1.807, 2.05) is 0 Å². The molecule has 1 N–H and O–H groups in total. The van der Waals surface area contributed by atoms with Crippen molar-refractivity contribution in [1.29, 1.82) is 0 Å². The summed E-state index contributed by atoms with van der Waals surface area (Å²) in [5.74, 6) is 0. The first-order valence-corrected chi connectivity index (χ1v) is 7.54. The van der Waals surface area contributed by atoms with Gasteiger partial charge >= 0.3 is 0 Å². The first-order valence-electron chi connectivity index (χ1n) is 7.54. The Morgan fingerprint density at radius 3 is 2.26 bits per heavy atom. The monoisotopic (exact) mass is 260 g/mol. The van der Waals surface area contributed by atoms with Crippen LogP contribution in [0.15, 0.2) is 6.07 Å². The van der Waals surface area contributed by atoms with Gasteiger partial charge in [-0.05, 0) is 81.9 Å². The van der Waals surface area contributed by atoms with E-state index >= 15 is 0 Å². The van der Waals surface area contributed by atoms with Gasteiger partial charge in [0.25, 0.3) is 0 Å². The highest BCUT2D eigenvalue weighted by molar-refractivity contribution is 5.45. The van der Waals surface area contributed by atoms with Gasteiger partial charge in [-0.15, -0.1) is 0 Å². The van der Waals surface area contributed by atoms with Crippen LogP contribution in [0.4, 0.5) is 0 Å². The van der Waals surface area contributed by atoms with Gasteiger partial charge in [-0.1, -0.05) is 6.07 Å². The summed E-state index contributed by atoms with van der Waals surface area (Å²) in [5.41, 5.74) is 7.37. The maximum absolute atomic E-state index is 3.49. The minimum atomic E-state index is 0.526. The van der Waals surface area contributed by atoms with E-state index in [-0.39, 0.29) is 0 Å². The van der Waals surface area contributed by atoms with Gasteiger partial charge in [0.05, 0.1) is 0 Å². The molecule has 1 aliphatic heterocycles. The Balaban J connectivity index is 2.34. The zero-order valence-electron chi connectivity index (χ0n) is 13.1. The second kappa shape index (κ2) is 6.06. The lowest BCUT2D eigenvalue weighted by atomic mass is 9.89. The molecule has 1 aliphatic rings. The topological polar surface area (TPSA) is 15.3 Å². The van der Waals surface area contributed by atoms with Gasteiger partial charge in [0.2, 0.25) is 0 Å². The highest BCUT2D eigenvalue weighted by Gasteiger charge is 2.21. The number of aryl methyl sites for hydroxylation is 2. The number of nitrogens with one attached hydrogen (secondary N) is 1. The lowest BCUT2D eigenvalue weighted by molar-refractivity contribution is 0.224. The molecule has 0 radical (unpaired) electrons. The van der Waals surface area contributed by atoms with Crippen molar-refractivity contribution >= 4 is 0 Å². The molecule has 1 heterocycles. The third-order valence-corrected chi connectivity index (χ3v) is 4.76. The minimum Gasteiger partial charge on any atom is -0.315 e. The van der Waals surface area contributed by atoms with E-state index in [1.165, 1.54) is 35.2 Å². The van der Waals surface area contributed by atoms with Gasteiger partial charge in [-0.2, -0.15) is 0 Å². The van der Waals surface area contributed by atoms with Crippen molar-refractivity contribution < 1.29 is 0 Å². The molecule has 0 amide bonds. The molecule has 0 saturated carbocycles. The van der Waals surface area contributed by atoms with E-state index in [9.17, 15) is 0 Å². The van der Waals surface area contributed by atoms with Crippen LogP contribution < -0.4 is 5.32 Å². The molecule has 1 aromatic carbocycles. The summed E-state index contributed by atoms with van der Waals surface area (Å²) in [7, 11) is 0. The van der Waals surface area contributed by atoms with Crippen molar-refractivity contribution in [1.82, 2.24) is 10.2 Å². The zero-order valence-corrected chi connectivity index (χ0v) is 13.1. The van der Waals surface area contributed by atoms with Crippen molar-refractivity contribution in [3.63, 3.8) is 0 Å². The van der Waals surface area contributed by atoms with Crippen LogP contribution in [0.3, 0.4) is 0 Å². The fourth-order valence-electron chi connectivity index (χ4n) is 3.31. The molecular weight excluding hydrogens is 232 g/mol. The average Bonchev–Trinajstić information content (AvgIpc) is 2.65. The van der Waals surface area contributed by atoms with Crippen LogP contribution in [0.1, 0.15) is 47.2 Å². The number of nitrogens with zero attached hydrogens (tertiary/aromatic N) is 1. The van der Waals surface area contributed by atoms with Gasteiger partial charge < -0.3 is 5.32 Å². The van der Waals surface area contributed by atoms with Crippen LogP contribution in [0.2, 0.25) is 0 Å². The molecule has 1 unspecified atom stereocenters. The van der Waals surface area contributed by atoms with Gasteiger partial charge in [-0.25, -0.2) is 0 Å². The Labute approximate surface area is 118 Å². The van der Waals surface area contributed by atoms with Crippen LogP contribution in [-0.4, -0.2) is 31.1 Å². The summed E-state index contributed by atoms with van der Waals surface area (Å²) in [4.78, 5) is 2.63. The van der Waals surface area contributed by atoms with Crippen molar-refractivity contribution in [2.24, 2.45) is 0 Å². The third-order valence-electron chi connectivity index (χ3n) is 4.76. The van der Waals surface area contributed by atoms with Crippen LogP contribution in [0.25, 0.3) is 0 Å². The molecule has 1 saturated heterocycles. The first-order chi connectivity index (χ1) is 9.02.